The number of methoxy groups -OCH3 is 2. The number of ether oxygens (including phenoxy) is 2. The Labute approximate surface area is 157 Å². The van der Waals surface area contributed by atoms with Crippen molar-refractivity contribution in [3.8, 4) is 23.0 Å². The van der Waals surface area contributed by atoms with Crippen LogP contribution in [0.1, 0.15) is 17.5 Å². The summed E-state index contributed by atoms with van der Waals surface area (Å²) in [6.07, 6.45) is 5.08. The lowest BCUT2D eigenvalue weighted by Gasteiger charge is -2.05. The summed E-state index contributed by atoms with van der Waals surface area (Å²) in [4.78, 5) is 12.0. The molecule has 1 atom stereocenters. The maximum atomic E-state index is 12.0. The number of ketones is 1. The molecule has 0 spiro atoms. The van der Waals surface area contributed by atoms with Gasteiger partial charge in [-0.2, -0.15) is 0 Å². The minimum absolute atomic E-state index is 0.0207. The van der Waals surface area contributed by atoms with Crippen molar-refractivity contribution in [1.29, 1.82) is 0 Å². The van der Waals surface area contributed by atoms with E-state index < -0.39 is 6.10 Å². The average molecular weight is 370 g/mol. The number of carbonyl (C=O) groups is 1. The Balaban J connectivity index is 1.95. The minimum atomic E-state index is -0.948. The van der Waals surface area contributed by atoms with Gasteiger partial charge in [0.15, 0.2) is 28.8 Å². The third-order valence-corrected chi connectivity index (χ3v) is 3.79. The van der Waals surface area contributed by atoms with Crippen molar-refractivity contribution in [2.24, 2.45) is 0 Å². The molecule has 6 nitrogen and oxygen atoms in total. The number of phenolic OH excluding ortho intramolecular Hbond substituents is 2. The molecule has 0 aliphatic rings. The van der Waals surface area contributed by atoms with Crippen LogP contribution in [0.25, 0.3) is 12.2 Å². The highest BCUT2D eigenvalue weighted by Gasteiger charge is 2.07. The molecular weight excluding hydrogens is 348 g/mol. The van der Waals surface area contributed by atoms with E-state index in [4.69, 9.17) is 9.47 Å². The zero-order valence-corrected chi connectivity index (χ0v) is 15.1. The smallest absolute Gasteiger partial charge is 0.161 e. The van der Waals surface area contributed by atoms with Crippen molar-refractivity contribution in [3.05, 3.63) is 59.7 Å². The van der Waals surface area contributed by atoms with Crippen molar-refractivity contribution in [2.75, 3.05) is 14.2 Å². The first-order valence-corrected chi connectivity index (χ1v) is 8.24. The number of aliphatic hydroxyl groups excluding tert-OH is 1. The van der Waals surface area contributed by atoms with Crippen LogP contribution in [0, 0.1) is 0 Å². The number of carbonyl (C=O) groups excluding carboxylic acids is 1. The Morgan fingerprint density at radius 1 is 0.963 bits per heavy atom. The molecule has 0 saturated heterocycles. The molecule has 6 heteroatoms. The number of benzene rings is 2. The monoisotopic (exact) mass is 370 g/mol. The molecule has 27 heavy (non-hydrogen) atoms. The molecule has 0 aromatic heterocycles. The van der Waals surface area contributed by atoms with Gasteiger partial charge in [-0.05, 0) is 41.5 Å². The summed E-state index contributed by atoms with van der Waals surface area (Å²) in [6.45, 7) is 0. The molecule has 0 amide bonds. The summed E-state index contributed by atoms with van der Waals surface area (Å²) in [5, 5.41) is 29.1. The predicted octanol–water partition coefficient (Wildman–Crippen LogP) is 3.16. The van der Waals surface area contributed by atoms with Crippen molar-refractivity contribution in [3.63, 3.8) is 0 Å². The minimum Gasteiger partial charge on any atom is -0.504 e. The number of aromatic hydroxyl groups is 2. The van der Waals surface area contributed by atoms with Gasteiger partial charge < -0.3 is 24.8 Å². The lowest BCUT2D eigenvalue weighted by Crippen LogP contribution is -2.08. The van der Waals surface area contributed by atoms with Crippen LogP contribution in [0.5, 0.6) is 23.0 Å². The van der Waals surface area contributed by atoms with E-state index in [1.165, 1.54) is 38.5 Å². The second kappa shape index (κ2) is 9.45. The Morgan fingerprint density at radius 2 is 1.48 bits per heavy atom. The highest BCUT2D eigenvalue weighted by molar-refractivity contribution is 5.94. The van der Waals surface area contributed by atoms with Crippen molar-refractivity contribution < 1.29 is 29.6 Å². The van der Waals surface area contributed by atoms with Gasteiger partial charge in [0.25, 0.3) is 0 Å². The van der Waals surface area contributed by atoms with Crippen LogP contribution in [0.15, 0.2) is 48.6 Å². The molecule has 0 aliphatic heterocycles. The molecule has 0 radical (unpaired) electrons. The molecule has 1 unspecified atom stereocenters. The summed E-state index contributed by atoms with van der Waals surface area (Å²) < 4.78 is 10.0. The van der Waals surface area contributed by atoms with Gasteiger partial charge in [0, 0.05) is 6.42 Å². The number of hydrogen-bond donors (Lipinski definition) is 3. The first-order valence-electron chi connectivity index (χ1n) is 8.24. The topological polar surface area (TPSA) is 96.2 Å². The van der Waals surface area contributed by atoms with E-state index in [1.54, 1.807) is 36.4 Å². The fourth-order valence-electron chi connectivity index (χ4n) is 2.35. The number of allylic oxidation sites excluding steroid dienone is 1. The summed E-state index contributed by atoms with van der Waals surface area (Å²) >= 11 is 0. The van der Waals surface area contributed by atoms with Crippen LogP contribution in [-0.4, -0.2) is 41.4 Å². The van der Waals surface area contributed by atoms with Crippen LogP contribution in [0.3, 0.4) is 0 Å². The second-order valence-electron chi connectivity index (χ2n) is 5.79. The fourth-order valence-corrected chi connectivity index (χ4v) is 2.35. The Morgan fingerprint density at radius 3 is 2.00 bits per heavy atom. The fraction of sp³-hybridized carbons (Fsp3) is 0.190. The normalized spacial score (nSPS) is 12.4. The second-order valence-corrected chi connectivity index (χ2v) is 5.79. The van der Waals surface area contributed by atoms with Crippen molar-refractivity contribution in [1.82, 2.24) is 0 Å². The number of hydrogen-bond acceptors (Lipinski definition) is 6. The molecule has 0 saturated carbocycles. The van der Waals surface area contributed by atoms with E-state index in [0.717, 1.165) is 5.56 Å². The zero-order valence-electron chi connectivity index (χ0n) is 15.1. The molecule has 0 heterocycles. The number of aliphatic hydroxyl groups is 1. The molecule has 2 aromatic carbocycles. The third kappa shape index (κ3) is 5.90. The van der Waals surface area contributed by atoms with E-state index >= 15 is 0 Å². The van der Waals surface area contributed by atoms with Crippen molar-refractivity contribution >= 4 is 17.9 Å². The van der Waals surface area contributed by atoms with Gasteiger partial charge in [0.2, 0.25) is 0 Å². The van der Waals surface area contributed by atoms with E-state index in [9.17, 15) is 20.1 Å². The van der Waals surface area contributed by atoms with E-state index in [0.29, 0.717) is 17.1 Å². The Hall–Kier alpha value is -3.25. The predicted molar refractivity (Wildman–Crippen MR) is 103 cm³/mol. The maximum absolute atomic E-state index is 12.0. The van der Waals surface area contributed by atoms with Crippen LogP contribution in [0.4, 0.5) is 0 Å². The maximum Gasteiger partial charge on any atom is 0.161 e. The van der Waals surface area contributed by atoms with Gasteiger partial charge in [-0.1, -0.05) is 30.4 Å². The van der Waals surface area contributed by atoms with Crippen molar-refractivity contribution in [2.45, 2.75) is 12.5 Å². The van der Waals surface area contributed by atoms with Crippen LogP contribution in [0.2, 0.25) is 0 Å². The third-order valence-electron chi connectivity index (χ3n) is 3.79. The molecule has 0 aliphatic carbocycles. The van der Waals surface area contributed by atoms with E-state index in [1.807, 2.05) is 0 Å². The molecule has 3 N–H and O–H groups in total. The standard InChI is InChI=1S/C21H22O6/c1-26-20-11-14(5-9-18(20)24)3-7-16(22)13-17(23)8-4-15-6-10-19(25)21(12-15)27-2/h3-12,16,22,24-25H,13H2,1-2H3/b7-3?,8-4+. The lowest BCUT2D eigenvalue weighted by atomic mass is 10.1. The van der Waals surface area contributed by atoms with Gasteiger partial charge in [-0.15, -0.1) is 0 Å². The molecular formula is C21H22O6. The first kappa shape index (κ1) is 20.1. The molecule has 142 valence electrons. The van der Waals surface area contributed by atoms with E-state index in [2.05, 4.69) is 0 Å². The summed E-state index contributed by atoms with van der Waals surface area (Å²) in [5.41, 5.74) is 1.42. The van der Waals surface area contributed by atoms with Gasteiger partial charge in [-0.3, -0.25) is 4.79 Å². The van der Waals surface area contributed by atoms with Crippen LogP contribution in [-0.2, 0) is 4.79 Å². The molecule has 2 rings (SSSR count). The molecule has 0 bridgehead atoms. The first-order chi connectivity index (χ1) is 12.9. The van der Waals surface area contributed by atoms with Gasteiger partial charge in [0.05, 0.1) is 20.3 Å². The highest BCUT2D eigenvalue weighted by atomic mass is 16.5. The summed E-state index contributed by atoms with van der Waals surface area (Å²) in [6, 6.07) is 9.51. The van der Waals surface area contributed by atoms with Gasteiger partial charge >= 0.3 is 0 Å². The molecule has 2 aromatic rings. The SMILES string of the molecule is COc1cc(C=CC(O)CC(=O)/C=C/c2ccc(O)c(OC)c2)ccc1O. The largest absolute Gasteiger partial charge is 0.504 e. The van der Waals surface area contributed by atoms with Crippen LogP contribution >= 0.6 is 0 Å². The molecule has 0 fully saturated rings. The quantitative estimate of drug-likeness (QED) is 0.618. The van der Waals surface area contributed by atoms with Crippen LogP contribution < -0.4 is 9.47 Å². The number of phenols is 2. The highest BCUT2D eigenvalue weighted by Crippen LogP contribution is 2.27. The lowest BCUT2D eigenvalue weighted by molar-refractivity contribution is -0.115. The Bertz CT molecular complexity index is 854. The summed E-state index contributed by atoms with van der Waals surface area (Å²) in [7, 11) is 2.89. The average Bonchev–Trinajstić information content (AvgIpc) is 2.66. The number of rotatable bonds is 8. The van der Waals surface area contributed by atoms with Gasteiger partial charge in [0.1, 0.15) is 0 Å². The zero-order chi connectivity index (χ0) is 19.8. The van der Waals surface area contributed by atoms with E-state index in [-0.39, 0.29) is 23.7 Å². The van der Waals surface area contributed by atoms with Gasteiger partial charge in [-0.25, -0.2) is 0 Å². The summed E-state index contributed by atoms with van der Waals surface area (Å²) in [5.74, 6) is 0.447. The Kier molecular flexibility index (Phi) is 7.02.